The van der Waals surface area contributed by atoms with Gasteiger partial charge in [-0.1, -0.05) is 37.3 Å². The van der Waals surface area contributed by atoms with E-state index < -0.39 is 0 Å². The van der Waals surface area contributed by atoms with Crippen LogP contribution in [0, 0.1) is 0 Å². The summed E-state index contributed by atoms with van der Waals surface area (Å²) in [6.07, 6.45) is 2.60. The van der Waals surface area contributed by atoms with Crippen molar-refractivity contribution >= 4 is 54.9 Å². The summed E-state index contributed by atoms with van der Waals surface area (Å²) in [5, 5.41) is 9.10. The number of anilines is 2. The molecule has 0 aliphatic rings. The lowest BCUT2D eigenvalue weighted by Crippen LogP contribution is -1.96. The molecule has 0 spiro atoms. The monoisotopic (exact) mass is 480 g/mol. The third-order valence-corrected chi connectivity index (χ3v) is 7.31. The van der Waals surface area contributed by atoms with Crippen LogP contribution in [0.5, 0.6) is 11.5 Å². The first-order valence-electron chi connectivity index (χ1n) is 11.4. The predicted octanol–water partition coefficient (Wildman–Crippen LogP) is 7.32. The third-order valence-electron chi connectivity index (χ3n) is 6.43. The highest BCUT2D eigenvalue weighted by atomic mass is 32.1. The van der Waals surface area contributed by atoms with Crippen molar-refractivity contribution in [1.82, 2.24) is 15.0 Å². The molecule has 6 rings (SSSR count). The minimum absolute atomic E-state index is 0.686. The Kier molecular flexibility index (Phi) is 5.26. The number of methoxy groups -OCH3 is 2. The maximum Gasteiger partial charge on any atom is 0.161 e. The van der Waals surface area contributed by atoms with E-state index in [1.807, 2.05) is 18.2 Å². The van der Waals surface area contributed by atoms with Crippen molar-refractivity contribution in [3.63, 3.8) is 0 Å². The van der Waals surface area contributed by atoms with Crippen molar-refractivity contribution in [2.45, 2.75) is 13.3 Å². The van der Waals surface area contributed by atoms with Crippen molar-refractivity contribution < 1.29 is 9.47 Å². The fraction of sp³-hybridized carbons (Fsp3) is 0.143. The second-order valence-electron chi connectivity index (χ2n) is 8.33. The summed E-state index contributed by atoms with van der Waals surface area (Å²) in [6, 6.07) is 18.8. The van der Waals surface area contributed by atoms with E-state index >= 15 is 0 Å². The second-order valence-corrected chi connectivity index (χ2v) is 9.18. The van der Waals surface area contributed by atoms with E-state index in [4.69, 9.17) is 9.47 Å². The van der Waals surface area contributed by atoms with E-state index in [1.165, 1.54) is 21.9 Å². The van der Waals surface area contributed by atoms with Crippen LogP contribution in [0.25, 0.3) is 43.1 Å². The van der Waals surface area contributed by atoms with Gasteiger partial charge in [-0.25, -0.2) is 9.97 Å². The first kappa shape index (κ1) is 21.4. The average molecular weight is 481 g/mol. The van der Waals surface area contributed by atoms with Gasteiger partial charge in [0.05, 0.1) is 19.6 Å². The van der Waals surface area contributed by atoms with E-state index in [2.05, 4.69) is 69.0 Å². The Morgan fingerprint density at radius 1 is 0.943 bits per heavy atom. The molecule has 2 N–H and O–H groups in total. The Balaban J connectivity index is 1.44. The number of fused-ring (bicyclic) bond motifs is 4. The summed E-state index contributed by atoms with van der Waals surface area (Å²) >= 11 is 1.60. The second kappa shape index (κ2) is 8.60. The third kappa shape index (κ3) is 3.56. The molecule has 6 aromatic rings. The highest BCUT2D eigenvalue weighted by Crippen LogP contribution is 2.40. The number of ether oxygens (including phenoxy) is 2. The zero-order chi connectivity index (χ0) is 23.9. The minimum Gasteiger partial charge on any atom is -0.493 e. The summed E-state index contributed by atoms with van der Waals surface area (Å²) in [4.78, 5) is 13.7. The predicted molar refractivity (Wildman–Crippen MR) is 144 cm³/mol. The Hall–Kier alpha value is -4.10. The van der Waals surface area contributed by atoms with E-state index in [0.29, 0.717) is 11.5 Å². The number of aromatic amines is 1. The molecule has 0 unspecified atom stereocenters. The van der Waals surface area contributed by atoms with Crippen LogP contribution in [0.3, 0.4) is 0 Å². The smallest absolute Gasteiger partial charge is 0.161 e. The summed E-state index contributed by atoms with van der Waals surface area (Å²) in [7, 11) is 3.29. The number of nitrogens with zero attached hydrogens (tertiary/aromatic N) is 2. The van der Waals surface area contributed by atoms with Crippen molar-refractivity contribution in [3.8, 4) is 22.6 Å². The fourth-order valence-corrected chi connectivity index (χ4v) is 5.60. The summed E-state index contributed by atoms with van der Waals surface area (Å²) < 4.78 is 10.9. The molecule has 35 heavy (non-hydrogen) atoms. The Labute approximate surface area is 206 Å². The van der Waals surface area contributed by atoms with Crippen molar-refractivity contribution in [2.75, 3.05) is 19.5 Å². The molecule has 6 nitrogen and oxygen atoms in total. The topological polar surface area (TPSA) is 72.1 Å². The molecule has 0 radical (unpaired) electrons. The van der Waals surface area contributed by atoms with Gasteiger partial charge in [0.25, 0.3) is 0 Å². The standard InChI is InChI=1S/C28H24N4O2S/c1-4-16-6-5-7-20-19-10-9-18(13-22(19)32-26(16)20)31-27-25-21(14-35-28(25)30-15-29-27)17-8-11-23(33-2)24(12-17)34-3/h5-15,32H,4H2,1-3H3,(H,29,30,31). The number of thiophene rings is 1. The summed E-state index contributed by atoms with van der Waals surface area (Å²) in [5.74, 6) is 2.15. The normalized spacial score (nSPS) is 11.4. The lowest BCUT2D eigenvalue weighted by molar-refractivity contribution is 0.355. The van der Waals surface area contributed by atoms with Gasteiger partial charge in [-0.2, -0.15) is 0 Å². The lowest BCUT2D eigenvalue weighted by atomic mass is 10.1. The number of para-hydroxylation sites is 1. The molecule has 3 heterocycles. The molecule has 0 aliphatic carbocycles. The molecule has 3 aromatic heterocycles. The van der Waals surface area contributed by atoms with Crippen LogP contribution >= 0.6 is 11.3 Å². The number of nitrogens with one attached hydrogen (secondary N) is 2. The highest BCUT2D eigenvalue weighted by molar-refractivity contribution is 7.17. The van der Waals surface area contributed by atoms with Crippen LogP contribution < -0.4 is 14.8 Å². The number of rotatable bonds is 6. The molecular weight excluding hydrogens is 456 g/mol. The van der Waals surface area contributed by atoms with Gasteiger partial charge in [0.2, 0.25) is 0 Å². The quantitative estimate of drug-likeness (QED) is 0.261. The number of hydrogen-bond donors (Lipinski definition) is 2. The molecule has 0 atom stereocenters. The van der Waals surface area contributed by atoms with Crippen LogP contribution in [0.2, 0.25) is 0 Å². The molecule has 7 heteroatoms. The molecule has 174 valence electrons. The molecule has 0 fully saturated rings. The molecule has 3 aromatic carbocycles. The maximum atomic E-state index is 5.52. The van der Waals surface area contributed by atoms with Crippen LogP contribution in [-0.4, -0.2) is 29.2 Å². The highest BCUT2D eigenvalue weighted by Gasteiger charge is 2.16. The van der Waals surface area contributed by atoms with Gasteiger partial charge in [0, 0.05) is 38.4 Å². The Morgan fingerprint density at radius 2 is 1.83 bits per heavy atom. The number of hydrogen-bond acceptors (Lipinski definition) is 6. The zero-order valence-corrected chi connectivity index (χ0v) is 20.5. The molecule has 0 aliphatic heterocycles. The number of aryl methyl sites for hydroxylation is 1. The minimum atomic E-state index is 0.686. The van der Waals surface area contributed by atoms with Gasteiger partial charge in [0.1, 0.15) is 17.0 Å². The molecular formula is C28H24N4O2S. The first-order valence-corrected chi connectivity index (χ1v) is 12.3. The zero-order valence-electron chi connectivity index (χ0n) is 19.7. The van der Waals surface area contributed by atoms with Crippen LogP contribution in [0.4, 0.5) is 11.5 Å². The molecule has 0 amide bonds. The van der Waals surface area contributed by atoms with Crippen LogP contribution in [-0.2, 0) is 6.42 Å². The van der Waals surface area contributed by atoms with E-state index in [-0.39, 0.29) is 0 Å². The van der Waals surface area contributed by atoms with Gasteiger partial charge in [-0.15, -0.1) is 11.3 Å². The van der Waals surface area contributed by atoms with Crippen LogP contribution in [0.1, 0.15) is 12.5 Å². The van der Waals surface area contributed by atoms with Gasteiger partial charge in [0.15, 0.2) is 11.5 Å². The van der Waals surface area contributed by atoms with Gasteiger partial charge in [-0.05, 0) is 41.8 Å². The largest absolute Gasteiger partial charge is 0.493 e. The van der Waals surface area contributed by atoms with Crippen molar-refractivity contribution in [1.29, 1.82) is 0 Å². The van der Waals surface area contributed by atoms with Crippen molar-refractivity contribution in [2.24, 2.45) is 0 Å². The lowest BCUT2D eigenvalue weighted by Gasteiger charge is -2.11. The fourth-order valence-electron chi connectivity index (χ4n) is 4.68. The average Bonchev–Trinajstić information content (AvgIpc) is 3.50. The van der Waals surface area contributed by atoms with Gasteiger partial charge in [-0.3, -0.25) is 0 Å². The van der Waals surface area contributed by atoms with Crippen molar-refractivity contribution in [3.05, 3.63) is 71.9 Å². The van der Waals surface area contributed by atoms with E-state index in [9.17, 15) is 0 Å². The Bertz CT molecular complexity index is 1700. The van der Waals surface area contributed by atoms with E-state index in [1.54, 1.807) is 31.9 Å². The number of aromatic nitrogens is 3. The van der Waals surface area contributed by atoms with E-state index in [0.717, 1.165) is 44.8 Å². The van der Waals surface area contributed by atoms with Crippen LogP contribution in [0.15, 0.2) is 66.3 Å². The molecule has 0 saturated heterocycles. The molecule has 0 saturated carbocycles. The number of benzene rings is 3. The summed E-state index contributed by atoms with van der Waals surface area (Å²) in [6.45, 7) is 2.18. The summed E-state index contributed by atoms with van der Waals surface area (Å²) in [5.41, 5.74) is 6.66. The SMILES string of the molecule is CCc1cccc2c1[nH]c1cc(Nc3ncnc4scc(-c5ccc(OC)c(OC)c5)c34)ccc12. The molecule has 0 bridgehead atoms. The Morgan fingerprint density at radius 3 is 2.66 bits per heavy atom. The van der Waals surface area contributed by atoms with Gasteiger partial charge < -0.3 is 19.8 Å². The maximum absolute atomic E-state index is 5.52. The first-order chi connectivity index (χ1) is 17.2. The van der Waals surface area contributed by atoms with Gasteiger partial charge >= 0.3 is 0 Å². The number of H-pyrrole nitrogens is 1.